The van der Waals surface area contributed by atoms with Gasteiger partial charge in [-0.05, 0) is 32.6 Å². The largest absolute Gasteiger partial charge is 0.468 e. The Kier molecular flexibility index (Phi) is 8.43. The van der Waals surface area contributed by atoms with E-state index in [2.05, 4.69) is 11.3 Å². The van der Waals surface area contributed by atoms with Crippen molar-refractivity contribution in [2.45, 2.75) is 32.6 Å². The van der Waals surface area contributed by atoms with Crippen LogP contribution in [0, 0.1) is 0 Å². The minimum absolute atomic E-state index is 0.334. The zero-order chi connectivity index (χ0) is 11.5. The Labute approximate surface area is 90.2 Å². The van der Waals surface area contributed by atoms with Crippen molar-refractivity contribution in [3.63, 3.8) is 0 Å². The van der Waals surface area contributed by atoms with Crippen molar-refractivity contribution in [2.75, 3.05) is 13.2 Å². The molecule has 0 aromatic heterocycles. The fourth-order valence-electron chi connectivity index (χ4n) is 0.977. The van der Waals surface area contributed by atoms with Gasteiger partial charge in [0, 0.05) is 5.57 Å². The highest BCUT2D eigenvalue weighted by Gasteiger charge is 2.01. The van der Waals surface area contributed by atoms with E-state index in [1.165, 1.54) is 0 Å². The Hall–Kier alpha value is -1.32. The van der Waals surface area contributed by atoms with Crippen molar-refractivity contribution < 1.29 is 19.1 Å². The number of esters is 1. The highest BCUT2D eigenvalue weighted by atomic mass is 16.5. The van der Waals surface area contributed by atoms with Crippen LogP contribution in [0.25, 0.3) is 0 Å². The second-order valence-corrected chi connectivity index (χ2v) is 3.30. The Morgan fingerprint density at radius 2 is 1.80 bits per heavy atom. The molecule has 0 unspecified atom stereocenters. The molecule has 0 amide bonds. The fourth-order valence-corrected chi connectivity index (χ4v) is 0.977. The second kappa shape index (κ2) is 9.24. The summed E-state index contributed by atoms with van der Waals surface area (Å²) in [6.07, 6.45) is 3.62. The second-order valence-electron chi connectivity index (χ2n) is 3.30. The molecule has 0 heterocycles. The molecule has 0 saturated carbocycles. The van der Waals surface area contributed by atoms with Gasteiger partial charge in [0.2, 0.25) is 0 Å². The maximum atomic E-state index is 10.9. The summed E-state index contributed by atoms with van der Waals surface area (Å²) in [4.78, 5) is 20.7. The molecule has 0 rings (SSSR count). The predicted octanol–water partition coefficient (Wildman–Crippen LogP) is 1.84. The molecule has 0 bridgehead atoms. The third-order valence-electron chi connectivity index (χ3n) is 1.81. The van der Waals surface area contributed by atoms with Gasteiger partial charge in [-0.3, -0.25) is 4.79 Å². The van der Waals surface area contributed by atoms with Crippen molar-refractivity contribution in [1.29, 1.82) is 0 Å². The molecule has 4 nitrogen and oxygen atoms in total. The highest BCUT2D eigenvalue weighted by Crippen LogP contribution is 2.01. The predicted molar refractivity (Wildman–Crippen MR) is 56.3 cm³/mol. The van der Waals surface area contributed by atoms with Crippen molar-refractivity contribution in [2.24, 2.45) is 0 Å². The molecule has 0 radical (unpaired) electrons. The zero-order valence-electron chi connectivity index (χ0n) is 9.16. The standard InChI is InChI=1S/C11H18O4/c1-10(2)11(13)15-8-6-4-3-5-7-14-9-12/h9H,1,3-8H2,2H3. The molecule has 0 aromatic carbocycles. The normalized spacial score (nSPS) is 9.40. The first-order valence-electron chi connectivity index (χ1n) is 5.06. The van der Waals surface area contributed by atoms with Gasteiger partial charge in [-0.15, -0.1) is 0 Å². The Bertz CT molecular complexity index is 211. The minimum atomic E-state index is -0.334. The molecule has 0 aliphatic heterocycles. The van der Waals surface area contributed by atoms with Crippen LogP contribution in [0.1, 0.15) is 32.6 Å². The average molecular weight is 214 g/mol. The first-order valence-corrected chi connectivity index (χ1v) is 5.06. The van der Waals surface area contributed by atoms with Gasteiger partial charge in [0.1, 0.15) is 0 Å². The van der Waals surface area contributed by atoms with E-state index in [9.17, 15) is 9.59 Å². The van der Waals surface area contributed by atoms with Gasteiger partial charge < -0.3 is 9.47 Å². The van der Waals surface area contributed by atoms with Crippen LogP contribution in [-0.2, 0) is 19.1 Å². The molecule has 0 fully saturated rings. The summed E-state index contributed by atoms with van der Waals surface area (Å²) in [5.41, 5.74) is 0.425. The van der Waals surface area contributed by atoms with E-state index in [1.807, 2.05) is 0 Å². The highest BCUT2D eigenvalue weighted by molar-refractivity contribution is 5.86. The third-order valence-corrected chi connectivity index (χ3v) is 1.81. The van der Waals surface area contributed by atoms with Gasteiger partial charge in [-0.25, -0.2) is 4.79 Å². The van der Waals surface area contributed by atoms with Gasteiger partial charge >= 0.3 is 5.97 Å². The number of unbranched alkanes of at least 4 members (excludes halogenated alkanes) is 3. The summed E-state index contributed by atoms with van der Waals surface area (Å²) < 4.78 is 9.44. The van der Waals surface area contributed by atoms with Crippen molar-refractivity contribution in [3.05, 3.63) is 12.2 Å². The van der Waals surface area contributed by atoms with E-state index < -0.39 is 0 Å². The van der Waals surface area contributed by atoms with E-state index in [0.717, 1.165) is 25.7 Å². The van der Waals surface area contributed by atoms with E-state index in [1.54, 1.807) is 6.92 Å². The number of rotatable bonds is 9. The Morgan fingerprint density at radius 1 is 1.20 bits per heavy atom. The van der Waals surface area contributed by atoms with Gasteiger partial charge in [0.05, 0.1) is 13.2 Å². The number of carbonyl (C=O) groups excluding carboxylic acids is 2. The minimum Gasteiger partial charge on any atom is -0.468 e. The third kappa shape index (κ3) is 9.00. The van der Waals surface area contributed by atoms with Crippen LogP contribution in [0.4, 0.5) is 0 Å². The van der Waals surface area contributed by atoms with Crippen molar-refractivity contribution in [3.8, 4) is 0 Å². The molecule has 4 heteroatoms. The van der Waals surface area contributed by atoms with Crippen molar-refractivity contribution >= 4 is 12.4 Å². The van der Waals surface area contributed by atoms with Crippen LogP contribution >= 0.6 is 0 Å². The summed E-state index contributed by atoms with van der Waals surface area (Å²) >= 11 is 0. The molecule has 15 heavy (non-hydrogen) atoms. The monoisotopic (exact) mass is 214 g/mol. The Morgan fingerprint density at radius 3 is 2.33 bits per heavy atom. The van der Waals surface area contributed by atoms with Gasteiger partial charge in [-0.1, -0.05) is 6.58 Å². The average Bonchev–Trinajstić information content (AvgIpc) is 2.21. The molecule has 0 aliphatic rings. The molecule has 0 atom stereocenters. The van der Waals surface area contributed by atoms with E-state index in [0.29, 0.717) is 25.3 Å². The molecule has 0 aliphatic carbocycles. The summed E-state index contributed by atoms with van der Waals surface area (Å²) in [7, 11) is 0. The van der Waals surface area contributed by atoms with Crippen LogP contribution in [0.5, 0.6) is 0 Å². The number of hydrogen-bond donors (Lipinski definition) is 0. The lowest BCUT2D eigenvalue weighted by Gasteiger charge is -2.03. The van der Waals surface area contributed by atoms with Gasteiger partial charge in [0.25, 0.3) is 6.47 Å². The molecule has 0 saturated heterocycles. The maximum Gasteiger partial charge on any atom is 0.333 e. The molecular formula is C11H18O4. The number of carbonyl (C=O) groups is 2. The van der Waals surface area contributed by atoms with E-state index in [-0.39, 0.29) is 5.97 Å². The maximum absolute atomic E-state index is 10.9. The molecule has 0 N–H and O–H groups in total. The lowest BCUT2D eigenvalue weighted by atomic mass is 10.2. The van der Waals surface area contributed by atoms with Crippen LogP contribution in [0.15, 0.2) is 12.2 Å². The van der Waals surface area contributed by atoms with Crippen molar-refractivity contribution in [1.82, 2.24) is 0 Å². The lowest BCUT2D eigenvalue weighted by Crippen LogP contribution is -2.06. The lowest BCUT2D eigenvalue weighted by molar-refractivity contribution is -0.139. The van der Waals surface area contributed by atoms with E-state index in [4.69, 9.17) is 4.74 Å². The van der Waals surface area contributed by atoms with Crippen LogP contribution < -0.4 is 0 Å². The smallest absolute Gasteiger partial charge is 0.333 e. The molecule has 0 spiro atoms. The fraction of sp³-hybridized carbons (Fsp3) is 0.636. The SMILES string of the molecule is C=C(C)C(=O)OCCCCCCOC=O. The van der Waals surface area contributed by atoms with Gasteiger partial charge in [-0.2, -0.15) is 0 Å². The quantitative estimate of drug-likeness (QED) is 0.254. The molecule has 86 valence electrons. The summed E-state index contributed by atoms with van der Waals surface area (Å²) in [6.45, 7) is 6.45. The number of ether oxygens (including phenoxy) is 2. The Balaban J connectivity index is 3.14. The first-order chi connectivity index (χ1) is 7.18. The topological polar surface area (TPSA) is 52.6 Å². The molecular weight excluding hydrogens is 196 g/mol. The number of hydrogen-bond acceptors (Lipinski definition) is 4. The summed E-state index contributed by atoms with van der Waals surface area (Å²) in [5.74, 6) is -0.334. The van der Waals surface area contributed by atoms with Crippen LogP contribution in [0.3, 0.4) is 0 Å². The summed E-state index contributed by atoms with van der Waals surface area (Å²) in [6, 6.07) is 0. The summed E-state index contributed by atoms with van der Waals surface area (Å²) in [5, 5.41) is 0. The first kappa shape index (κ1) is 13.7. The zero-order valence-corrected chi connectivity index (χ0v) is 9.16. The van der Waals surface area contributed by atoms with E-state index >= 15 is 0 Å². The van der Waals surface area contributed by atoms with Crippen LogP contribution in [-0.4, -0.2) is 25.7 Å². The molecule has 0 aromatic rings. The van der Waals surface area contributed by atoms with Gasteiger partial charge in [0.15, 0.2) is 0 Å². The van der Waals surface area contributed by atoms with Crippen LogP contribution in [0.2, 0.25) is 0 Å².